The van der Waals surface area contributed by atoms with Crippen LogP contribution in [0.2, 0.25) is 0 Å². The molecule has 2 fully saturated rings. The summed E-state index contributed by atoms with van der Waals surface area (Å²) in [6, 6.07) is 4.24. The summed E-state index contributed by atoms with van der Waals surface area (Å²) in [5, 5.41) is 2.97. The average molecular weight is 449 g/mol. The summed E-state index contributed by atoms with van der Waals surface area (Å²) in [6.45, 7) is 6.02. The molecular formula is C22H32N4O4S. The molecule has 2 amide bonds. The third kappa shape index (κ3) is 4.63. The maximum atomic E-state index is 13.0. The lowest BCUT2D eigenvalue weighted by Gasteiger charge is -2.26. The normalized spacial score (nSPS) is 22.5. The molecule has 1 N–H and O–H groups in total. The van der Waals surface area contributed by atoms with Crippen LogP contribution in [0, 0.1) is 0 Å². The van der Waals surface area contributed by atoms with Gasteiger partial charge in [-0.3, -0.25) is 14.5 Å². The van der Waals surface area contributed by atoms with Gasteiger partial charge in [-0.15, -0.1) is 0 Å². The first-order valence-electron chi connectivity index (χ1n) is 11.3. The van der Waals surface area contributed by atoms with Gasteiger partial charge in [-0.2, -0.15) is 4.31 Å². The average Bonchev–Trinajstić information content (AvgIpc) is 3.41. The van der Waals surface area contributed by atoms with E-state index in [0.717, 1.165) is 44.5 Å². The van der Waals surface area contributed by atoms with Crippen LogP contribution in [0.5, 0.6) is 0 Å². The van der Waals surface area contributed by atoms with Gasteiger partial charge < -0.3 is 10.2 Å². The molecule has 0 bridgehead atoms. The third-order valence-electron chi connectivity index (χ3n) is 6.56. The summed E-state index contributed by atoms with van der Waals surface area (Å²) >= 11 is 0. The Hall–Kier alpha value is -1.97. The van der Waals surface area contributed by atoms with Gasteiger partial charge in [0.15, 0.2) is 0 Å². The smallest absolute Gasteiger partial charge is 0.243 e. The van der Waals surface area contributed by atoms with E-state index in [0.29, 0.717) is 31.7 Å². The van der Waals surface area contributed by atoms with E-state index in [1.54, 1.807) is 22.5 Å². The van der Waals surface area contributed by atoms with Gasteiger partial charge in [-0.1, -0.05) is 6.42 Å². The molecule has 3 aliphatic rings. The molecule has 31 heavy (non-hydrogen) atoms. The Morgan fingerprint density at radius 3 is 2.39 bits per heavy atom. The molecule has 8 nitrogen and oxygen atoms in total. The van der Waals surface area contributed by atoms with Crippen molar-refractivity contribution < 1.29 is 18.0 Å². The lowest BCUT2D eigenvalue weighted by Crippen LogP contribution is -2.48. The number of carbonyl (C=O) groups is 2. The number of amides is 2. The number of piperidine rings is 1. The van der Waals surface area contributed by atoms with Crippen molar-refractivity contribution >= 4 is 27.5 Å². The van der Waals surface area contributed by atoms with Gasteiger partial charge in [0.2, 0.25) is 21.8 Å². The summed E-state index contributed by atoms with van der Waals surface area (Å²) in [7, 11) is -3.56. The maximum absolute atomic E-state index is 13.0. The van der Waals surface area contributed by atoms with E-state index in [-0.39, 0.29) is 16.7 Å². The number of hydrogen-bond acceptors (Lipinski definition) is 5. The highest BCUT2D eigenvalue weighted by Gasteiger charge is 2.38. The number of rotatable bonds is 6. The van der Waals surface area contributed by atoms with Crippen LogP contribution in [0.1, 0.15) is 44.6 Å². The topological polar surface area (TPSA) is 90.0 Å². The molecule has 0 spiro atoms. The quantitative estimate of drug-likeness (QED) is 0.710. The van der Waals surface area contributed by atoms with Crippen molar-refractivity contribution in [3.8, 4) is 0 Å². The first kappa shape index (κ1) is 22.2. The molecule has 0 unspecified atom stereocenters. The number of benzene rings is 1. The van der Waals surface area contributed by atoms with Crippen LogP contribution < -0.4 is 10.2 Å². The second-order valence-corrected chi connectivity index (χ2v) is 10.6. The second kappa shape index (κ2) is 9.26. The highest BCUT2D eigenvalue weighted by Crippen LogP contribution is 2.35. The molecule has 2 saturated heterocycles. The van der Waals surface area contributed by atoms with Gasteiger partial charge in [0.25, 0.3) is 0 Å². The molecule has 3 heterocycles. The fourth-order valence-electron chi connectivity index (χ4n) is 4.90. The number of nitrogens with zero attached hydrogens (tertiary/aromatic N) is 3. The zero-order valence-corrected chi connectivity index (χ0v) is 19.0. The van der Waals surface area contributed by atoms with Crippen molar-refractivity contribution in [2.75, 3.05) is 44.2 Å². The minimum absolute atomic E-state index is 0.189. The van der Waals surface area contributed by atoms with Crippen molar-refractivity contribution in [3.63, 3.8) is 0 Å². The van der Waals surface area contributed by atoms with Gasteiger partial charge in [0.05, 0.1) is 4.90 Å². The Balaban J connectivity index is 1.48. The molecule has 9 heteroatoms. The zero-order chi connectivity index (χ0) is 22.0. The minimum Gasteiger partial charge on any atom is -0.353 e. The Kier molecular flexibility index (Phi) is 6.64. The van der Waals surface area contributed by atoms with E-state index in [9.17, 15) is 18.0 Å². The monoisotopic (exact) mass is 448 g/mol. The van der Waals surface area contributed by atoms with E-state index in [2.05, 4.69) is 10.2 Å². The van der Waals surface area contributed by atoms with E-state index in [1.807, 2.05) is 0 Å². The Morgan fingerprint density at radius 1 is 1.03 bits per heavy atom. The van der Waals surface area contributed by atoms with E-state index >= 15 is 0 Å². The number of nitrogens with one attached hydrogen (secondary N) is 1. The number of fused-ring (bicyclic) bond motifs is 1. The fourth-order valence-corrected chi connectivity index (χ4v) is 6.47. The van der Waals surface area contributed by atoms with Crippen LogP contribution in [-0.4, -0.2) is 74.7 Å². The Morgan fingerprint density at radius 2 is 1.71 bits per heavy atom. The third-order valence-corrected chi connectivity index (χ3v) is 8.45. The van der Waals surface area contributed by atoms with Gasteiger partial charge in [0.1, 0.15) is 6.04 Å². The Bertz CT molecular complexity index is 937. The number of likely N-dealkylation sites (tertiary alicyclic amines) is 1. The van der Waals surface area contributed by atoms with Crippen molar-refractivity contribution in [3.05, 3.63) is 23.8 Å². The lowest BCUT2D eigenvalue weighted by molar-refractivity contribution is -0.125. The summed E-state index contributed by atoms with van der Waals surface area (Å²) in [5.41, 5.74) is 1.36. The summed E-state index contributed by atoms with van der Waals surface area (Å²) in [4.78, 5) is 29.3. The molecule has 0 aromatic heterocycles. The van der Waals surface area contributed by atoms with E-state index in [4.69, 9.17) is 0 Å². The molecule has 0 saturated carbocycles. The van der Waals surface area contributed by atoms with Crippen molar-refractivity contribution in [2.24, 2.45) is 0 Å². The Labute approximate surface area is 184 Å². The lowest BCUT2D eigenvalue weighted by atomic mass is 10.1. The molecule has 1 aromatic rings. The van der Waals surface area contributed by atoms with Crippen molar-refractivity contribution in [1.29, 1.82) is 0 Å². The van der Waals surface area contributed by atoms with Gasteiger partial charge in [0, 0.05) is 45.2 Å². The minimum atomic E-state index is -3.56. The summed E-state index contributed by atoms with van der Waals surface area (Å²) in [6.07, 6.45) is 5.54. The zero-order valence-electron chi connectivity index (χ0n) is 18.2. The highest BCUT2D eigenvalue weighted by molar-refractivity contribution is 7.89. The standard InChI is InChI=1S/C22H32N4O4S/c1-17(27)26-20-8-7-19(31(29,30)25-12-3-2-4-13-25)15-18(20)16-21(26)22(28)23-9-14-24-10-5-6-11-24/h7-8,15,21H,2-6,9-14,16H2,1H3,(H,23,28)/t21-/m0/s1. The van der Waals surface area contributed by atoms with Gasteiger partial charge in [-0.05, 0) is 62.5 Å². The van der Waals surface area contributed by atoms with E-state index < -0.39 is 16.1 Å². The van der Waals surface area contributed by atoms with Crippen molar-refractivity contribution in [1.82, 2.24) is 14.5 Å². The number of hydrogen-bond donors (Lipinski definition) is 1. The van der Waals surface area contributed by atoms with Crippen LogP contribution in [-0.2, 0) is 26.0 Å². The van der Waals surface area contributed by atoms with Crippen LogP contribution in [0.3, 0.4) is 0 Å². The first-order chi connectivity index (χ1) is 14.9. The van der Waals surface area contributed by atoms with Crippen LogP contribution >= 0.6 is 0 Å². The summed E-state index contributed by atoms with van der Waals surface area (Å²) in [5.74, 6) is -0.406. The SMILES string of the molecule is CC(=O)N1c2ccc(S(=O)(=O)N3CCCCC3)cc2C[C@H]1C(=O)NCCN1CCCC1. The first-order valence-corrected chi connectivity index (χ1v) is 12.7. The van der Waals surface area contributed by atoms with E-state index in [1.165, 1.54) is 24.7 Å². The molecular weight excluding hydrogens is 416 g/mol. The fraction of sp³-hybridized carbons (Fsp3) is 0.636. The largest absolute Gasteiger partial charge is 0.353 e. The molecule has 170 valence electrons. The molecule has 1 atom stereocenters. The number of anilines is 1. The molecule has 3 aliphatic heterocycles. The molecule has 0 radical (unpaired) electrons. The van der Waals surface area contributed by atoms with Gasteiger partial charge in [-0.25, -0.2) is 8.42 Å². The summed E-state index contributed by atoms with van der Waals surface area (Å²) < 4.78 is 27.6. The van der Waals surface area contributed by atoms with Crippen LogP contribution in [0.25, 0.3) is 0 Å². The predicted octanol–water partition coefficient (Wildman–Crippen LogP) is 1.35. The second-order valence-electron chi connectivity index (χ2n) is 8.70. The van der Waals surface area contributed by atoms with Crippen molar-refractivity contribution in [2.45, 2.75) is 56.4 Å². The molecule has 0 aliphatic carbocycles. The van der Waals surface area contributed by atoms with Crippen LogP contribution in [0.4, 0.5) is 5.69 Å². The predicted molar refractivity (Wildman–Crippen MR) is 118 cm³/mol. The number of carbonyl (C=O) groups excluding carboxylic acids is 2. The van der Waals surface area contributed by atoms with Gasteiger partial charge >= 0.3 is 0 Å². The molecule has 4 rings (SSSR count). The maximum Gasteiger partial charge on any atom is 0.243 e. The number of sulfonamides is 1. The highest BCUT2D eigenvalue weighted by atomic mass is 32.2. The molecule has 1 aromatic carbocycles. The van der Waals surface area contributed by atoms with Crippen LogP contribution in [0.15, 0.2) is 23.1 Å².